The predicted octanol–water partition coefficient (Wildman–Crippen LogP) is 1.87. The van der Waals surface area contributed by atoms with Gasteiger partial charge in [-0.15, -0.1) is 0 Å². The van der Waals surface area contributed by atoms with Gasteiger partial charge >= 0.3 is 0 Å². The Morgan fingerprint density at radius 2 is 2.00 bits per heavy atom. The van der Waals surface area contributed by atoms with E-state index in [4.69, 9.17) is 0 Å². The second-order valence-electron chi connectivity index (χ2n) is 7.33. The zero-order valence-corrected chi connectivity index (χ0v) is 14.9. The molecule has 2 aromatic heterocycles. The Hall–Kier alpha value is -1.73. The number of aliphatic hydroxyl groups is 1. The Morgan fingerprint density at radius 1 is 1.20 bits per heavy atom. The molecule has 2 N–H and O–H groups in total. The van der Waals surface area contributed by atoms with Gasteiger partial charge in [0, 0.05) is 36.9 Å². The highest BCUT2D eigenvalue weighted by atomic mass is 16.3. The number of fused-ring (bicyclic) bond motifs is 1. The molecule has 1 aliphatic carbocycles. The molecule has 7 nitrogen and oxygen atoms in total. The fourth-order valence-corrected chi connectivity index (χ4v) is 4.25. The van der Waals surface area contributed by atoms with Crippen molar-refractivity contribution in [2.24, 2.45) is 0 Å². The zero-order valence-electron chi connectivity index (χ0n) is 14.9. The highest BCUT2D eigenvalue weighted by Crippen LogP contribution is 2.26. The van der Waals surface area contributed by atoms with Crippen molar-refractivity contribution in [3.8, 4) is 0 Å². The molecule has 2 unspecified atom stereocenters. The molecule has 0 bridgehead atoms. The maximum Gasteiger partial charge on any atom is 0.254 e. The quantitative estimate of drug-likeness (QED) is 0.881. The molecule has 2 atom stereocenters. The van der Waals surface area contributed by atoms with Crippen molar-refractivity contribution in [1.82, 2.24) is 24.5 Å². The first kappa shape index (κ1) is 16.7. The Labute approximate surface area is 148 Å². The third-order valence-corrected chi connectivity index (χ3v) is 5.71. The van der Waals surface area contributed by atoms with Gasteiger partial charge in [0.25, 0.3) is 5.78 Å². The summed E-state index contributed by atoms with van der Waals surface area (Å²) < 4.78 is 1.79. The average molecular weight is 344 g/mol. The van der Waals surface area contributed by atoms with E-state index in [-0.39, 0.29) is 6.10 Å². The molecule has 0 radical (unpaired) electrons. The van der Waals surface area contributed by atoms with Crippen LogP contribution < -0.4 is 5.32 Å². The van der Waals surface area contributed by atoms with Crippen LogP contribution in [0.1, 0.15) is 51.1 Å². The molecule has 0 spiro atoms. The van der Waals surface area contributed by atoms with Crippen LogP contribution in [0.2, 0.25) is 0 Å². The third kappa shape index (κ3) is 3.48. The van der Waals surface area contributed by atoms with Crippen LogP contribution in [0.25, 0.3) is 5.78 Å². The minimum absolute atomic E-state index is 0.139. The van der Waals surface area contributed by atoms with Gasteiger partial charge in [-0.05, 0) is 32.1 Å². The first-order valence-corrected chi connectivity index (χ1v) is 9.63. The molecular weight excluding hydrogens is 316 g/mol. The van der Waals surface area contributed by atoms with Gasteiger partial charge in [-0.3, -0.25) is 4.90 Å². The highest BCUT2D eigenvalue weighted by molar-refractivity contribution is 5.45. The number of nitrogens with one attached hydrogen (secondary N) is 1. The molecule has 1 aliphatic heterocycles. The molecule has 2 aromatic rings. The Bertz CT molecular complexity index is 709. The number of aliphatic hydroxyl groups excluding tert-OH is 1. The van der Waals surface area contributed by atoms with Gasteiger partial charge in [0.05, 0.1) is 6.10 Å². The molecule has 136 valence electrons. The minimum Gasteiger partial charge on any atom is -0.391 e. The van der Waals surface area contributed by atoms with Crippen molar-refractivity contribution >= 4 is 11.6 Å². The van der Waals surface area contributed by atoms with Crippen molar-refractivity contribution in [2.75, 3.05) is 18.4 Å². The summed E-state index contributed by atoms with van der Waals surface area (Å²) in [4.78, 5) is 11.2. The van der Waals surface area contributed by atoms with E-state index in [1.807, 2.05) is 0 Å². The van der Waals surface area contributed by atoms with Crippen molar-refractivity contribution in [3.63, 3.8) is 0 Å². The van der Waals surface area contributed by atoms with Gasteiger partial charge < -0.3 is 10.4 Å². The summed E-state index contributed by atoms with van der Waals surface area (Å²) in [5, 5.41) is 18.2. The number of piperidine rings is 1. The van der Waals surface area contributed by atoms with Crippen LogP contribution in [-0.2, 0) is 6.42 Å². The molecule has 2 aliphatic rings. The summed E-state index contributed by atoms with van der Waals surface area (Å²) in [6.45, 7) is 4.20. The normalized spacial score (nSPS) is 26.2. The molecule has 7 heteroatoms. The monoisotopic (exact) mass is 344 g/mol. The minimum atomic E-state index is -0.139. The molecule has 0 aromatic carbocycles. The smallest absolute Gasteiger partial charge is 0.254 e. The maximum atomic E-state index is 10.3. The summed E-state index contributed by atoms with van der Waals surface area (Å²) in [5.74, 6) is 1.64. The largest absolute Gasteiger partial charge is 0.391 e. The van der Waals surface area contributed by atoms with Crippen LogP contribution in [0.4, 0.5) is 5.82 Å². The first-order chi connectivity index (χ1) is 12.2. The van der Waals surface area contributed by atoms with Crippen LogP contribution >= 0.6 is 0 Å². The van der Waals surface area contributed by atoms with Gasteiger partial charge in [0.15, 0.2) is 0 Å². The lowest BCUT2D eigenvalue weighted by molar-refractivity contribution is 0.00991. The van der Waals surface area contributed by atoms with Crippen LogP contribution in [0, 0.1) is 0 Å². The molecule has 0 amide bonds. The second kappa shape index (κ2) is 7.25. The van der Waals surface area contributed by atoms with E-state index < -0.39 is 0 Å². The van der Waals surface area contributed by atoms with E-state index >= 15 is 0 Å². The van der Waals surface area contributed by atoms with Crippen LogP contribution in [0.15, 0.2) is 12.4 Å². The number of likely N-dealkylation sites (tertiary alicyclic amines) is 1. The first-order valence-electron chi connectivity index (χ1n) is 9.63. The standard InChI is InChI=1S/C18H28N6O/c1-2-13-11-17(24-18(22-13)19-12-20-24)21-14-7-9-23(10-8-14)15-5-3-4-6-16(15)25/h11-12,14-16,21,25H,2-10H2,1H3. The SMILES string of the molecule is CCc1cc(NC2CCN(C3CCCCC3O)CC2)n2ncnc2n1. The summed E-state index contributed by atoms with van der Waals surface area (Å²) in [6, 6.07) is 2.87. The molecule has 25 heavy (non-hydrogen) atoms. The van der Waals surface area contributed by atoms with Gasteiger partial charge in [0.1, 0.15) is 12.1 Å². The molecule has 4 rings (SSSR count). The lowest BCUT2D eigenvalue weighted by atomic mass is 9.89. The summed E-state index contributed by atoms with van der Waals surface area (Å²) >= 11 is 0. The second-order valence-corrected chi connectivity index (χ2v) is 7.33. The van der Waals surface area contributed by atoms with Crippen LogP contribution in [0.3, 0.4) is 0 Å². The average Bonchev–Trinajstić information content (AvgIpc) is 3.12. The van der Waals surface area contributed by atoms with E-state index in [1.165, 1.54) is 12.8 Å². The summed E-state index contributed by atoms with van der Waals surface area (Å²) in [5.41, 5.74) is 1.03. The number of rotatable bonds is 4. The fourth-order valence-electron chi connectivity index (χ4n) is 4.25. The number of aryl methyl sites for hydroxylation is 1. The van der Waals surface area contributed by atoms with Gasteiger partial charge in [-0.1, -0.05) is 19.8 Å². The van der Waals surface area contributed by atoms with E-state index in [9.17, 15) is 5.11 Å². The van der Waals surface area contributed by atoms with E-state index in [2.05, 4.69) is 38.3 Å². The molecule has 1 saturated heterocycles. The zero-order chi connectivity index (χ0) is 17.2. The number of hydrogen-bond acceptors (Lipinski definition) is 6. The fraction of sp³-hybridized carbons (Fsp3) is 0.722. The number of anilines is 1. The predicted molar refractivity (Wildman–Crippen MR) is 96.6 cm³/mol. The topological polar surface area (TPSA) is 78.6 Å². The summed E-state index contributed by atoms with van der Waals surface area (Å²) in [6.07, 6.45) is 9.00. The van der Waals surface area contributed by atoms with Crippen molar-refractivity contribution < 1.29 is 5.11 Å². The lowest BCUT2D eigenvalue weighted by Gasteiger charge is -2.41. The Kier molecular flexibility index (Phi) is 4.85. The molecule has 1 saturated carbocycles. The van der Waals surface area contributed by atoms with Gasteiger partial charge in [0.2, 0.25) is 0 Å². The van der Waals surface area contributed by atoms with Gasteiger partial charge in [-0.25, -0.2) is 4.98 Å². The number of hydrogen-bond donors (Lipinski definition) is 2. The highest BCUT2D eigenvalue weighted by Gasteiger charge is 2.31. The maximum absolute atomic E-state index is 10.3. The van der Waals surface area contributed by atoms with Crippen LogP contribution in [0.5, 0.6) is 0 Å². The number of aromatic nitrogens is 4. The van der Waals surface area contributed by atoms with E-state index in [1.54, 1.807) is 10.8 Å². The van der Waals surface area contributed by atoms with E-state index in [0.717, 1.165) is 56.7 Å². The molecular formula is C18H28N6O. The van der Waals surface area contributed by atoms with E-state index in [0.29, 0.717) is 17.9 Å². The molecule has 2 fully saturated rings. The Morgan fingerprint density at radius 3 is 2.76 bits per heavy atom. The summed E-state index contributed by atoms with van der Waals surface area (Å²) in [7, 11) is 0. The lowest BCUT2D eigenvalue weighted by Crippen LogP contribution is -2.50. The van der Waals surface area contributed by atoms with Gasteiger partial charge in [-0.2, -0.15) is 14.6 Å². The van der Waals surface area contributed by atoms with Crippen LogP contribution in [-0.4, -0.2) is 60.9 Å². The third-order valence-electron chi connectivity index (χ3n) is 5.71. The molecule has 3 heterocycles. The van der Waals surface area contributed by atoms with Crippen molar-refractivity contribution in [1.29, 1.82) is 0 Å². The Balaban J connectivity index is 1.41. The van der Waals surface area contributed by atoms with Crippen molar-refractivity contribution in [2.45, 2.75) is 70.1 Å². The number of nitrogens with zero attached hydrogens (tertiary/aromatic N) is 5. The van der Waals surface area contributed by atoms with Crippen molar-refractivity contribution in [3.05, 3.63) is 18.1 Å².